The van der Waals surface area contributed by atoms with E-state index < -0.39 is 0 Å². The SMILES string of the molecule is CCOC(=O)Cc1csc(N2CC[C@@H](NC(=O)c3nc(Cl)c(CC)[nH]3)[C@@H](OC)C2)n1. The van der Waals surface area contributed by atoms with E-state index in [-0.39, 0.29) is 36.3 Å². The molecule has 1 aliphatic rings. The highest BCUT2D eigenvalue weighted by molar-refractivity contribution is 7.13. The summed E-state index contributed by atoms with van der Waals surface area (Å²) >= 11 is 7.52. The zero-order valence-corrected chi connectivity index (χ0v) is 18.8. The van der Waals surface area contributed by atoms with Crippen molar-refractivity contribution in [3.63, 3.8) is 0 Å². The lowest BCUT2D eigenvalue weighted by atomic mass is 10.0. The number of aryl methyl sites for hydroxylation is 1. The summed E-state index contributed by atoms with van der Waals surface area (Å²) in [6.07, 6.45) is 1.31. The van der Waals surface area contributed by atoms with Crippen molar-refractivity contribution in [3.05, 3.63) is 27.7 Å². The van der Waals surface area contributed by atoms with Gasteiger partial charge in [-0.2, -0.15) is 0 Å². The number of nitrogens with one attached hydrogen (secondary N) is 2. The Morgan fingerprint density at radius 3 is 2.87 bits per heavy atom. The van der Waals surface area contributed by atoms with Gasteiger partial charge in [0.05, 0.1) is 36.6 Å². The molecule has 0 aromatic carbocycles. The average Bonchev–Trinajstić information content (AvgIpc) is 3.34. The van der Waals surface area contributed by atoms with Crippen molar-refractivity contribution in [2.24, 2.45) is 0 Å². The Kier molecular flexibility index (Phi) is 7.68. The number of carbonyl (C=O) groups excluding carboxylic acids is 2. The lowest BCUT2D eigenvalue weighted by molar-refractivity contribution is -0.142. The standard InChI is InChI=1S/C19H26ClN5O4S/c1-4-12-16(20)24-17(22-12)18(27)23-13-6-7-25(9-14(13)28-3)19-21-11(10-30-19)8-15(26)29-5-2/h10,13-14H,4-9H2,1-3H3,(H,22,24)(H,23,27)/t13-,14+/m1/s1. The van der Waals surface area contributed by atoms with Crippen LogP contribution in [0.3, 0.4) is 0 Å². The molecular formula is C19H26ClN5O4S. The number of nitrogens with zero attached hydrogens (tertiary/aromatic N) is 3. The molecule has 9 nitrogen and oxygen atoms in total. The van der Waals surface area contributed by atoms with Crippen LogP contribution in [0.15, 0.2) is 5.38 Å². The first-order valence-electron chi connectivity index (χ1n) is 9.88. The number of aromatic nitrogens is 3. The summed E-state index contributed by atoms with van der Waals surface area (Å²) in [4.78, 5) is 38.0. The molecule has 1 aliphatic heterocycles. The van der Waals surface area contributed by atoms with Gasteiger partial charge in [0.25, 0.3) is 5.91 Å². The lowest BCUT2D eigenvalue weighted by Gasteiger charge is -2.37. The fraction of sp³-hybridized carbons (Fsp3) is 0.579. The van der Waals surface area contributed by atoms with Gasteiger partial charge in [-0.25, -0.2) is 9.97 Å². The van der Waals surface area contributed by atoms with Crippen molar-refractivity contribution < 1.29 is 19.1 Å². The molecule has 2 aromatic rings. The van der Waals surface area contributed by atoms with Crippen molar-refractivity contribution in [2.75, 3.05) is 31.7 Å². The summed E-state index contributed by atoms with van der Waals surface area (Å²) in [5.74, 6) is -0.379. The third-order valence-electron chi connectivity index (χ3n) is 4.92. The molecule has 11 heteroatoms. The number of piperidine rings is 1. The van der Waals surface area contributed by atoms with Crippen LogP contribution in [0.4, 0.5) is 5.13 Å². The summed E-state index contributed by atoms with van der Waals surface area (Å²) in [7, 11) is 1.63. The van der Waals surface area contributed by atoms with Gasteiger partial charge in [-0.05, 0) is 19.8 Å². The van der Waals surface area contributed by atoms with Crippen LogP contribution < -0.4 is 10.2 Å². The second-order valence-electron chi connectivity index (χ2n) is 6.90. The first kappa shape index (κ1) is 22.5. The lowest BCUT2D eigenvalue weighted by Crippen LogP contribution is -2.55. The number of hydrogen-bond acceptors (Lipinski definition) is 8. The molecule has 0 aliphatic carbocycles. The van der Waals surface area contributed by atoms with Crippen LogP contribution in [0, 0.1) is 0 Å². The highest BCUT2D eigenvalue weighted by Crippen LogP contribution is 2.26. The zero-order chi connectivity index (χ0) is 21.7. The van der Waals surface area contributed by atoms with E-state index in [9.17, 15) is 9.59 Å². The van der Waals surface area contributed by atoms with Crippen LogP contribution >= 0.6 is 22.9 Å². The van der Waals surface area contributed by atoms with Gasteiger partial charge in [-0.15, -0.1) is 11.3 Å². The highest BCUT2D eigenvalue weighted by Gasteiger charge is 2.32. The van der Waals surface area contributed by atoms with Crippen LogP contribution in [-0.2, 0) is 27.1 Å². The molecule has 0 spiro atoms. The molecular weight excluding hydrogens is 430 g/mol. The number of anilines is 1. The molecule has 0 bridgehead atoms. The van der Waals surface area contributed by atoms with E-state index in [1.807, 2.05) is 12.3 Å². The van der Waals surface area contributed by atoms with Crippen molar-refractivity contribution in [1.82, 2.24) is 20.3 Å². The number of H-pyrrole nitrogens is 1. The third-order valence-corrected chi connectivity index (χ3v) is 6.18. The number of ether oxygens (including phenoxy) is 2. The number of methoxy groups -OCH3 is 1. The van der Waals surface area contributed by atoms with E-state index in [4.69, 9.17) is 21.1 Å². The Morgan fingerprint density at radius 2 is 2.20 bits per heavy atom. The van der Waals surface area contributed by atoms with Gasteiger partial charge >= 0.3 is 5.97 Å². The molecule has 2 N–H and O–H groups in total. The second-order valence-corrected chi connectivity index (χ2v) is 8.09. The van der Waals surface area contributed by atoms with Gasteiger partial charge < -0.3 is 24.7 Å². The normalized spacial score (nSPS) is 19.0. The minimum atomic E-state index is -0.303. The first-order valence-corrected chi connectivity index (χ1v) is 11.1. The molecule has 1 fully saturated rings. The average molecular weight is 456 g/mol. The summed E-state index contributed by atoms with van der Waals surface area (Å²) in [6, 6.07) is -0.160. The molecule has 2 atom stereocenters. The van der Waals surface area contributed by atoms with Gasteiger partial charge in [0, 0.05) is 25.6 Å². The van der Waals surface area contributed by atoms with Gasteiger partial charge in [-0.1, -0.05) is 18.5 Å². The molecule has 0 radical (unpaired) electrons. The van der Waals surface area contributed by atoms with Gasteiger partial charge in [0.15, 0.2) is 16.1 Å². The molecule has 0 unspecified atom stereocenters. The van der Waals surface area contributed by atoms with E-state index in [1.165, 1.54) is 11.3 Å². The molecule has 30 heavy (non-hydrogen) atoms. The number of rotatable bonds is 8. The number of hydrogen-bond donors (Lipinski definition) is 2. The van der Waals surface area contributed by atoms with Gasteiger partial charge in [-0.3, -0.25) is 9.59 Å². The zero-order valence-electron chi connectivity index (χ0n) is 17.2. The van der Waals surface area contributed by atoms with E-state index >= 15 is 0 Å². The maximum Gasteiger partial charge on any atom is 0.311 e. The summed E-state index contributed by atoms with van der Waals surface area (Å²) in [6.45, 7) is 5.35. The first-order chi connectivity index (χ1) is 14.4. The van der Waals surface area contributed by atoms with Crippen molar-refractivity contribution in [1.29, 1.82) is 0 Å². The Bertz CT molecular complexity index is 886. The Labute approximate surface area is 184 Å². The number of imidazole rings is 1. The molecule has 1 saturated heterocycles. The van der Waals surface area contributed by atoms with E-state index in [2.05, 4.69) is 25.2 Å². The molecule has 3 rings (SSSR count). The summed E-state index contributed by atoms with van der Waals surface area (Å²) in [5.41, 5.74) is 1.43. The van der Waals surface area contributed by atoms with Gasteiger partial charge in [0.1, 0.15) is 0 Å². The minimum absolute atomic E-state index is 0.160. The molecule has 2 aromatic heterocycles. The molecule has 1 amide bonds. The number of halogens is 1. The molecule has 164 valence electrons. The summed E-state index contributed by atoms with van der Waals surface area (Å²) < 4.78 is 10.6. The van der Waals surface area contributed by atoms with Crippen LogP contribution in [0.2, 0.25) is 5.15 Å². The number of aromatic amines is 1. The van der Waals surface area contributed by atoms with Crippen molar-refractivity contribution in [2.45, 2.75) is 45.3 Å². The molecule has 3 heterocycles. The maximum absolute atomic E-state index is 12.6. The van der Waals surface area contributed by atoms with Crippen molar-refractivity contribution >= 4 is 39.9 Å². The van der Waals surface area contributed by atoms with E-state index in [0.717, 1.165) is 10.8 Å². The van der Waals surface area contributed by atoms with E-state index in [1.54, 1.807) is 14.0 Å². The smallest absolute Gasteiger partial charge is 0.311 e. The van der Waals surface area contributed by atoms with Gasteiger partial charge in [0.2, 0.25) is 0 Å². The monoisotopic (exact) mass is 455 g/mol. The third kappa shape index (κ3) is 5.30. The number of esters is 1. The van der Waals surface area contributed by atoms with Crippen LogP contribution in [-0.4, -0.2) is 65.8 Å². The summed E-state index contributed by atoms with van der Waals surface area (Å²) in [5, 5.41) is 6.01. The van der Waals surface area contributed by atoms with Crippen LogP contribution in [0.5, 0.6) is 0 Å². The minimum Gasteiger partial charge on any atom is -0.466 e. The predicted octanol–water partition coefficient (Wildman–Crippen LogP) is 2.21. The Hall–Kier alpha value is -2.17. The maximum atomic E-state index is 12.6. The number of carbonyl (C=O) groups is 2. The van der Waals surface area contributed by atoms with E-state index in [0.29, 0.717) is 43.4 Å². The fourth-order valence-electron chi connectivity index (χ4n) is 3.34. The quantitative estimate of drug-likeness (QED) is 0.587. The second kappa shape index (κ2) is 10.2. The van der Waals surface area contributed by atoms with Crippen LogP contribution in [0.25, 0.3) is 0 Å². The Morgan fingerprint density at radius 1 is 1.40 bits per heavy atom. The molecule has 0 saturated carbocycles. The Balaban J connectivity index is 1.60. The topological polar surface area (TPSA) is 109 Å². The largest absolute Gasteiger partial charge is 0.466 e. The fourth-order valence-corrected chi connectivity index (χ4v) is 4.47. The predicted molar refractivity (Wildman–Crippen MR) is 114 cm³/mol. The number of thiazole rings is 1. The highest BCUT2D eigenvalue weighted by atomic mass is 35.5. The van der Waals surface area contributed by atoms with Crippen molar-refractivity contribution in [3.8, 4) is 0 Å². The van der Waals surface area contributed by atoms with Crippen LogP contribution in [0.1, 0.15) is 42.3 Å². The number of amides is 1.